The lowest BCUT2D eigenvalue weighted by atomic mass is 9.96. The summed E-state index contributed by atoms with van der Waals surface area (Å²) in [5.41, 5.74) is 2.57. The third-order valence-corrected chi connectivity index (χ3v) is 7.81. The van der Waals surface area contributed by atoms with Crippen molar-refractivity contribution in [3.63, 3.8) is 0 Å². The number of hydrogen-bond donors (Lipinski definition) is 0. The second kappa shape index (κ2) is 13.3. The minimum atomic E-state index is -0.755. The van der Waals surface area contributed by atoms with E-state index in [9.17, 15) is 19.7 Å². The highest BCUT2D eigenvalue weighted by Gasteiger charge is 2.33. The van der Waals surface area contributed by atoms with Gasteiger partial charge in [0.15, 0.2) is 4.80 Å². The maximum atomic E-state index is 14.0. The first kappa shape index (κ1) is 30.2. The molecule has 0 N–H and O–H groups in total. The van der Waals surface area contributed by atoms with E-state index in [1.807, 2.05) is 30.3 Å². The molecule has 1 aliphatic rings. The van der Waals surface area contributed by atoms with Crippen LogP contribution in [0.25, 0.3) is 6.08 Å². The Hall–Kier alpha value is -5.29. The Morgan fingerprint density at radius 1 is 1.09 bits per heavy atom. The number of rotatable bonds is 11. The van der Waals surface area contributed by atoms with Crippen LogP contribution in [0.1, 0.15) is 36.6 Å². The van der Waals surface area contributed by atoms with Crippen LogP contribution in [0, 0.1) is 10.1 Å². The smallest absolute Gasteiger partial charge is 0.338 e. The third kappa shape index (κ3) is 6.37. The molecular weight excluding hydrogens is 582 g/mol. The van der Waals surface area contributed by atoms with E-state index in [1.54, 1.807) is 56.3 Å². The van der Waals surface area contributed by atoms with Crippen molar-refractivity contribution in [1.82, 2.24) is 4.57 Å². The maximum absolute atomic E-state index is 14.0. The number of carbonyl (C=O) groups is 1. The highest BCUT2D eigenvalue weighted by molar-refractivity contribution is 7.07. The van der Waals surface area contributed by atoms with Gasteiger partial charge in [0.05, 0.1) is 33.4 Å². The van der Waals surface area contributed by atoms with E-state index in [1.165, 1.54) is 28.0 Å². The van der Waals surface area contributed by atoms with Gasteiger partial charge in [-0.05, 0) is 61.4 Å². The Kier molecular flexibility index (Phi) is 9.15. The molecule has 0 spiro atoms. The van der Waals surface area contributed by atoms with Crippen LogP contribution in [0.4, 0.5) is 5.69 Å². The summed E-state index contributed by atoms with van der Waals surface area (Å²) in [5.74, 6) is 0.626. The molecule has 3 aromatic carbocycles. The van der Waals surface area contributed by atoms with Crippen LogP contribution in [-0.4, -0.2) is 28.7 Å². The lowest BCUT2D eigenvalue weighted by molar-refractivity contribution is -0.384. The molecule has 224 valence electrons. The number of fused-ring (bicyclic) bond motifs is 1. The van der Waals surface area contributed by atoms with E-state index in [4.69, 9.17) is 14.2 Å². The molecule has 0 bridgehead atoms. The zero-order valence-electron chi connectivity index (χ0n) is 24.1. The molecule has 0 saturated heterocycles. The van der Waals surface area contributed by atoms with Gasteiger partial charge in [-0.2, -0.15) is 0 Å². The van der Waals surface area contributed by atoms with Gasteiger partial charge in [-0.25, -0.2) is 9.79 Å². The minimum Gasteiger partial charge on any atom is -0.490 e. The molecule has 0 amide bonds. The summed E-state index contributed by atoms with van der Waals surface area (Å²) in [6.07, 6.45) is 3.39. The lowest BCUT2D eigenvalue weighted by Gasteiger charge is -2.24. The zero-order valence-corrected chi connectivity index (χ0v) is 24.9. The number of benzene rings is 3. The monoisotopic (exact) mass is 611 g/mol. The van der Waals surface area contributed by atoms with Gasteiger partial charge < -0.3 is 14.2 Å². The van der Waals surface area contributed by atoms with Crippen molar-refractivity contribution in [1.29, 1.82) is 0 Å². The summed E-state index contributed by atoms with van der Waals surface area (Å²) in [4.78, 5) is 42.7. The lowest BCUT2D eigenvalue weighted by Crippen LogP contribution is -2.39. The van der Waals surface area contributed by atoms with Gasteiger partial charge in [0.2, 0.25) is 0 Å². The Morgan fingerprint density at radius 3 is 2.50 bits per heavy atom. The molecule has 11 heteroatoms. The summed E-state index contributed by atoms with van der Waals surface area (Å²) in [7, 11) is 0. The first-order valence-electron chi connectivity index (χ1n) is 13.8. The minimum absolute atomic E-state index is 0.00107. The van der Waals surface area contributed by atoms with Crippen molar-refractivity contribution >= 4 is 29.1 Å². The number of nitrogens with zero attached hydrogens (tertiary/aromatic N) is 3. The van der Waals surface area contributed by atoms with E-state index >= 15 is 0 Å². The van der Waals surface area contributed by atoms with Crippen LogP contribution in [0.2, 0.25) is 0 Å². The number of non-ortho nitro benzene ring substituents is 1. The van der Waals surface area contributed by atoms with Crippen LogP contribution in [0.3, 0.4) is 0 Å². The van der Waals surface area contributed by atoms with Crippen molar-refractivity contribution in [2.24, 2.45) is 4.99 Å². The van der Waals surface area contributed by atoms with Gasteiger partial charge in [0, 0.05) is 17.7 Å². The number of hydrogen-bond acceptors (Lipinski definition) is 9. The first-order valence-corrected chi connectivity index (χ1v) is 14.6. The summed E-state index contributed by atoms with van der Waals surface area (Å²) in [6.45, 7) is 7.83. The molecule has 1 atom stereocenters. The quantitative estimate of drug-likeness (QED) is 0.103. The number of esters is 1. The SMILES string of the molecule is C=CCOc1ccc([C@@H]2C(C(=O)OCC)=C(C)N=c3s/c(=C/c4ccccc4OCc4ccc([N+](=O)[O-])cc4)c(=O)n32)cc1. The molecule has 0 fully saturated rings. The highest BCUT2D eigenvalue weighted by atomic mass is 32.1. The van der Waals surface area contributed by atoms with Crippen LogP contribution >= 0.6 is 11.3 Å². The predicted molar refractivity (Wildman–Crippen MR) is 166 cm³/mol. The van der Waals surface area contributed by atoms with E-state index in [2.05, 4.69) is 11.6 Å². The number of ether oxygens (including phenoxy) is 3. The van der Waals surface area contributed by atoms with Gasteiger partial charge in [0.25, 0.3) is 11.2 Å². The van der Waals surface area contributed by atoms with Crippen LogP contribution < -0.4 is 24.4 Å². The molecule has 4 aromatic rings. The number of nitro groups is 1. The van der Waals surface area contributed by atoms with Crippen LogP contribution in [0.15, 0.2) is 107 Å². The molecule has 2 heterocycles. The molecule has 0 unspecified atom stereocenters. The van der Waals surface area contributed by atoms with Crippen molar-refractivity contribution in [2.45, 2.75) is 26.5 Å². The fourth-order valence-electron chi connectivity index (χ4n) is 4.76. The Bertz CT molecular complexity index is 1920. The average molecular weight is 612 g/mol. The van der Waals surface area contributed by atoms with Gasteiger partial charge in [-0.15, -0.1) is 0 Å². The Labute approximate surface area is 256 Å². The van der Waals surface area contributed by atoms with Crippen LogP contribution in [-0.2, 0) is 16.1 Å². The van der Waals surface area contributed by atoms with Crippen molar-refractivity contribution in [2.75, 3.05) is 13.2 Å². The second-order valence-electron chi connectivity index (χ2n) is 9.72. The maximum Gasteiger partial charge on any atom is 0.338 e. The number of allylic oxidation sites excluding steroid dienone is 1. The van der Waals surface area contributed by atoms with Crippen molar-refractivity contribution in [3.8, 4) is 11.5 Å². The summed E-state index contributed by atoms with van der Waals surface area (Å²) >= 11 is 1.21. The number of carbonyl (C=O) groups excluding carboxylic acids is 1. The molecule has 1 aliphatic heterocycles. The van der Waals surface area contributed by atoms with E-state index in [-0.39, 0.29) is 30.0 Å². The summed E-state index contributed by atoms with van der Waals surface area (Å²) in [6, 6.07) is 19.9. The predicted octanol–water partition coefficient (Wildman–Crippen LogP) is 4.85. The third-order valence-electron chi connectivity index (χ3n) is 6.83. The topological polar surface area (TPSA) is 122 Å². The molecule has 0 aliphatic carbocycles. The molecule has 1 aromatic heterocycles. The summed E-state index contributed by atoms with van der Waals surface area (Å²) in [5, 5.41) is 11.0. The fraction of sp³-hybridized carbons (Fsp3) is 0.182. The molecular formula is C33H29N3O7S. The van der Waals surface area contributed by atoms with Crippen molar-refractivity contribution in [3.05, 3.63) is 143 Å². The molecule has 0 saturated carbocycles. The number of aromatic nitrogens is 1. The van der Waals surface area contributed by atoms with Gasteiger partial charge in [-0.1, -0.05) is 54.3 Å². The van der Waals surface area contributed by atoms with E-state index in [0.29, 0.717) is 44.3 Å². The Balaban J connectivity index is 1.54. The second-order valence-corrected chi connectivity index (χ2v) is 10.7. The molecule has 0 radical (unpaired) electrons. The van der Waals surface area contributed by atoms with E-state index in [0.717, 1.165) is 5.56 Å². The fourth-order valence-corrected chi connectivity index (χ4v) is 5.79. The zero-order chi connectivity index (χ0) is 31.2. The molecule has 10 nitrogen and oxygen atoms in total. The van der Waals surface area contributed by atoms with Gasteiger partial charge >= 0.3 is 5.97 Å². The normalized spacial score (nSPS) is 14.4. The summed E-state index contributed by atoms with van der Waals surface area (Å²) < 4.78 is 19.0. The first-order chi connectivity index (χ1) is 21.3. The highest BCUT2D eigenvalue weighted by Crippen LogP contribution is 2.32. The molecule has 5 rings (SSSR count). The number of thiazole rings is 1. The van der Waals surface area contributed by atoms with Crippen molar-refractivity contribution < 1.29 is 23.9 Å². The average Bonchev–Trinajstić information content (AvgIpc) is 3.33. The van der Waals surface area contributed by atoms with E-state index < -0.39 is 16.9 Å². The van der Waals surface area contributed by atoms with Crippen LogP contribution in [0.5, 0.6) is 11.5 Å². The number of nitro benzene ring substituents is 1. The van der Waals surface area contributed by atoms with Gasteiger partial charge in [0.1, 0.15) is 24.7 Å². The Morgan fingerprint density at radius 2 is 1.82 bits per heavy atom. The standard InChI is InChI=1S/C33H29N3O7S/c1-4-18-42-26-16-12-23(13-17-26)30-29(32(38)41-5-2)21(3)34-33-35(30)31(37)28(44-33)19-24-8-6-7-9-27(24)43-20-22-10-14-25(15-11-22)36(39)40/h4,6-17,19,30H,1,5,18,20H2,2-3H3/b28-19+/t30-/m1/s1. The number of para-hydroxylation sites is 1. The largest absolute Gasteiger partial charge is 0.490 e. The van der Waals surface area contributed by atoms with Gasteiger partial charge in [-0.3, -0.25) is 19.5 Å². The molecule has 44 heavy (non-hydrogen) atoms.